The van der Waals surface area contributed by atoms with Gasteiger partial charge in [0.15, 0.2) is 0 Å². The first-order valence-corrected chi connectivity index (χ1v) is 6.44. The molecule has 0 amide bonds. The molecule has 1 saturated heterocycles. The average Bonchev–Trinajstić information content (AvgIpc) is 2.33. The van der Waals surface area contributed by atoms with Crippen LogP contribution in [0.5, 0.6) is 5.75 Å². The number of ether oxygens (including phenoxy) is 2. The monoisotopic (exact) mass is 255 g/mol. The summed E-state index contributed by atoms with van der Waals surface area (Å²) in [6, 6.07) is 8.24. The van der Waals surface area contributed by atoms with Crippen LogP contribution in [0.2, 0.25) is 0 Å². The van der Waals surface area contributed by atoms with Gasteiger partial charge in [0.2, 0.25) is 0 Å². The number of anilines is 1. The summed E-state index contributed by atoms with van der Waals surface area (Å²) in [5.41, 5.74) is 1.05. The van der Waals surface area contributed by atoms with E-state index >= 15 is 0 Å². The smallest absolute Gasteiger partial charge is 0.121 e. The molecule has 0 spiro atoms. The highest BCUT2D eigenvalue weighted by atomic mass is 35.5. The zero-order valence-corrected chi connectivity index (χ0v) is 10.7. The maximum absolute atomic E-state index is 6.21. The Labute approximate surface area is 107 Å². The van der Waals surface area contributed by atoms with Crippen molar-refractivity contribution < 1.29 is 9.47 Å². The van der Waals surface area contributed by atoms with Gasteiger partial charge in [0.05, 0.1) is 18.6 Å². The lowest BCUT2D eigenvalue weighted by atomic mass is 10.1. The van der Waals surface area contributed by atoms with Crippen molar-refractivity contribution in [3.63, 3.8) is 0 Å². The van der Waals surface area contributed by atoms with Crippen molar-refractivity contribution in [1.29, 1.82) is 0 Å². The summed E-state index contributed by atoms with van der Waals surface area (Å²) in [6.07, 6.45) is 0.938. The average molecular weight is 256 g/mol. The molecule has 17 heavy (non-hydrogen) atoms. The molecule has 1 N–H and O–H groups in total. The Bertz CT molecular complexity index is 359. The number of hydrogen-bond acceptors (Lipinski definition) is 3. The first kappa shape index (κ1) is 12.5. The second-order valence-corrected chi connectivity index (χ2v) is 4.65. The Morgan fingerprint density at radius 3 is 3.18 bits per heavy atom. The highest BCUT2D eigenvalue weighted by Crippen LogP contribution is 2.22. The summed E-state index contributed by atoms with van der Waals surface area (Å²) in [5, 5.41) is 3.46. The van der Waals surface area contributed by atoms with Gasteiger partial charge in [-0.1, -0.05) is 6.07 Å². The fourth-order valence-electron chi connectivity index (χ4n) is 1.92. The Morgan fingerprint density at radius 1 is 1.53 bits per heavy atom. The Kier molecular flexibility index (Phi) is 4.51. The zero-order valence-electron chi connectivity index (χ0n) is 9.99. The van der Waals surface area contributed by atoms with Crippen molar-refractivity contribution >= 4 is 17.3 Å². The van der Waals surface area contributed by atoms with E-state index < -0.39 is 0 Å². The summed E-state index contributed by atoms with van der Waals surface area (Å²) in [6.45, 7) is 4.04. The van der Waals surface area contributed by atoms with Crippen molar-refractivity contribution in [3.05, 3.63) is 24.3 Å². The lowest BCUT2D eigenvalue weighted by Crippen LogP contribution is -2.38. The van der Waals surface area contributed by atoms with Crippen molar-refractivity contribution in [2.45, 2.75) is 24.8 Å². The van der Waals surface area contributed by atoms with Crippen LogP contribution in [0.4, 0.5) is 5.69 Å². The van der Waals surface area contributed by atoms with E-state index in [0.29, 0.717) is 13.2 Å². The highest BCUT2D eigenvalue weighted by Gasteiger charge is 2.23. The van der Waals surface area contributed by atoms with Gasteiger partial charge in [-0.05, 0) is 25.5 Å². The first-order valence-electron chi connectivity index (χ1n) is 6.01. The van der Waals surface area contributed by atoms with Crippen LogP contribution in [-0.2, 0) is 4.74 Å². The van der Waals surface area contributed by atoms with Gasteiger partial charge in [-0.3, -0.25) is 0 Å². The minimum atomic E-state index is 0.0273. The number of alkyl halides is 1. The van der Waals surface area contributed by atoms with Gasteiger partial charge in [-0.25, -0.2) is 0 Å². The van der Waals surface area contributed by atoms with Crippen molar-refractivity contribution in [2.75, 3.05) is 25.1 Å². The molecule has 1 aromatic carbocycles. The molecule has 2 atom stereocenters. The molecule has 2 unspecified atom stereocenters. The second-order valence-electron chi connectivity index (χ2n) is 4.09. The minimum absolute atomic E-state index is 0.0273. The molecule has 1 aliphatic heterocycles. The van der Waals surface area contributed by atoms with Crippen LogP contribution in [0.3, 0.4) is 0 Å². The molecule has 1 heterocycles. The number of nitrogens with one attached hydrogen (secondary N) is 1. The van der Waals surface area contributed by atoms with Crippen molar-refractivity contribution in [3.8, 4) is 5.75 Å². The largest absolute Gasteiger partial charge is 0.494 e. The molecule has 1 aromatic rings. The number of halogens is 1. The standard InChI is InChI=1S/C13H18ClNO2/c1-2-17-11-5-3-4-10(8-11)15-13-6-7-16-9-12(13)14/h3-5,8,12-13,15H,2,6-7,9H2,1H3. The molecule has 3 nitrogen and oxygen atoms in total. The van der Waals surface area contributed by atoms with Crippen LogP contribution >= 0.6 is 11.6 Å². The molecular weight excluding hydrogens is 238 g/mol. The molecule has 0 saturated carbocycles. The third-order valence-corrected chi connectivity index (χ3v) is 3.21. The zero-order chi connectivity index (χ0) is 12.1. The van der Waals surface area contributed by atoms with Crippen molar-refractivity contribution in [2.24, 2.45) is 0 Å². The van der Waals surface area contributed by atoms with E-state index in [4.69, 9.17) is 21.1 Å². The Balaban J connectivity index is 1.99. The SMILES string of the molecule is CCOc1cccc(NC2CCOCC2Cl)c1. The van der Waals surface area contributed by atoms with Gasteiger partial charge in [0.1, 0.15) is 5.75 Å². The predicted molar refractivity (Wildman–Crippen MR) is 70.1 cm³/mol. The van der Waals surface area contributed by atoms with E-state index in [9.17, 15) is 0 Å². The molecule has 4 heteroatoms. The van der Waals surface area contributed by atoms with E-state index in [1.165, 1.54) is 0 Å². The highest BCUT2D eigenvalue weighted by molar-refractivity contribution is 6.21. The normalized spacial score (nSPS) is 24.4. The lowest BCUT2D eigenvalue weighted by Gasteiger charge is -2.28. The molecule has 0 bridgehead atoms. The van der Waals surface area contributed by atoms with Crippen LogP contribution in [-0.4, -0.2) is 31.2 Å². The molecule has 94 valence electrons. The maximum atomic E-state index is 6.21. The van der Waals surface area contributed by atoms with E-state index in [-0.39, 0.29) is 11.4 Å². The third-order valence-electron chi connectivity index (χ3n) is 2.78. The van der Waals surface area contributed by atoms with Gasteiger partial charge in [0.25, 0.3) is 0 Å². The van der Waals surface area contributed by atoms with Crippen LogP contribution in [0, 0.1) is 0 Å². The summed E-state index contributed by atoms with van der Waals surface area (Å²) >= 11 is 6.21. The van der Waals surface area contributed by atoms with Crippen LogP contribution in [0.1, 0.15) is 13.3 Å². The quantitative estimate of drug-likeness (QED) is 0.840. The molecule has 2 rings (SSSR count). The molecule has 0 radical (unpaired) electrons. The molecule has 1 fully saturated rings. The minimum Gasteiger partial charge on any atom is -0.494 e. The van der Waals surface area contributed by atoms with Gasteiger partial charge in [0, 0.05) is 24.4 Å². The van der Waals surface area contributed by atoms with E-state index in [1.807, 2.05) is 31.2 Å². The lowest BCUT2D eigenvalue weighted by molar-refractivity contribution is 0.0935. The van der Waals surface area contributed by atoms with Gasteiger partial charge in [-0.15, -0.1) is 11.6 Å². The fraction of sp³-hybridized carbons (Fsp3) is 0.538. The first-order chi connectivity index (χ1) is 8.29. The van der Waals surface area contributed by atoms with E-state index in [1.54, 1.807) is 0 Å². The summed E-state index contributed by atoms with van der Waals surface area (Å²) in [5.74, 6) is 0.885. The Hall–Kier alpha value is -0.930. The second kappa shape index (κ2) is 6.12. The summed E-state index contributed by atoms with van der Waals surface area (Å²) < 4.78 is 10.8. The van der Waals surface area contributed by atoms with E-state index in [0.717, 1.165) is 24.5 Å². The summed E-state index contributed by atoms with van der Waals surface area (Å²) in [7, 11) is 0. The number of rotatable bonds is 4. The third kappa shape index (κ3) is 3.51. The molecule has 0 aliphatic carbocycles. The van der Waals surface area contributed by atoms with Gasteiger partial charge >= 0.3 is 0 Å². The van der Waals surface area contributed by atoms with Crippen LogP contribution in [0.25, 0.3) is 0 Å². The van der Waals surface area contributed by atoms with Gasteiger partial charge < -0.3 is 14.8 Å². The van der Waals surface area contributed by atoms with Crippen LogP contribution in [0.15, 0.2) is 24.3 Å². The summed E-state index contributed by atoms with van der Waals surface area (Å²) in [4.78, 5) is 0. The number of benzene rings is 1. The predicted octanol–water partition coefficient (Wildman–Crippen LogP) is 2.89. The molecule has 1 aliphatic rings. The molecule has 0 aromatic heterocycles. The van der Waals surface area contributed by atoms with Crippen molar-refractivity contribution in [1.82, 2.24) is 0 Å². The van der Waals surface area contributed by atoms with Crippen LogP contribution < -0.4 is 10.1 Å². The number of hydrogen-bond donors (Lipinski definition) is 1. The van der Waals surface area contributed by atoms with Gasteiger partial charge in [-0.2, -0.15) is 0 Å². The Morgan fingerprint density at radius 2 is 2.41 bits per heavy atom. The molecular formula is C13H18ClNO2. The van der Waals surface area contributed by atoms with E-state index in [2.05, 4.69) is 5.32 Å². The fourth-order valence-corrected chi connectivity index (χ4v) is 2.20. The maximum Gasteiger partial charge on any atom is 0.121 e. The topological polar surface area (TPSA) is 30.5 Å².